The lowest BCUT2D eigenvalue weighted by Crippen LogP contribution is -2.65. The van der Waals surface area contributed by atoms with E-state index in [1.807, 2.05) is 34.6 Å². The highest BCUT2D eigenvalue weighted by molar-refractivity contribution is 7.13. The monoisotopic (exact) mass is 1120 g/mol. The minimum Gasteiger partial charge on any atom is -0.391 e. The number of aliphatic hydroxyl groups is 1. The topological polar surface area (TPSA) is 278 Å². The molecule has 6 heterocycles. The van der Waals surface area contributed by atoms with E-state index in [2.05, 4.69) is 41.4 Å². The van der Waals surface area contributed by atoms with Crippen LogP contribution >= 0.6 is 11.3 Å². The first-order chi connectivity index (χ1) is 38.2. The number of primary amides is 1. The number of halogens is 2. The van der Waals surface area contributed by atoms with Crippen LogP contribution < -0.4 is 27.0 Å². The number of imidazole rings is 1. The molecule has 24 heteroatoms. The molecule has 2 saturated carbocycles. The second-order valence-electron chi connectivity index (χ2n) is 22.5. The van der Waals surface area contributed by atoms with E-state index >= 15 is 8.78 Å². The molecular weight excluding hydrogens is 1050 g/mol. The number of aliphatic hydroxyl groups excluding tert-OH is 1. The molecule has 8 N–H and O–H groups in total. The van der Waals surface area contributed by atoms with Gasteiger partial charge in [-0.15, -0.1) is 11.3 Å². The number of H-pyrrole nitrogens is 1. The summed E-state index contributed by atoms with van der Waals surface area (Å²) in [6, 6.07) is 10.2. The van der Waals surface area contributed by atoms with Gasteiger partial charge in [-0.05, 0) is 73.8 Å². The van der Waals surface area contributed by atoms with Crippen LogP contribution in [0.4, 0.5) is 20.3 Å². The maximum atomic E-state index is 15.8. The molecule has 2 aliphatic heterocycles. The van der Waals surface area contributed by atoms with Gasteiger partial charge < -0.3 is 41.9 Å². The first-order valence-electron chi connectivity index (χ1n) is 27.0. The third-order valence-corrected chi connectivity index (χ3v) is 16.7. The molecule has 80 heavy (non-hydrogen) atoms. The van der Waals surface area contributed by atoms with E-state index < -0.39 is 64.1 Å². The average Bonchev–Trinajstić information content (AvgIpc) is 4.27. The number of β-amino-alcohol motifs (C(OH)–C–C–N with tert-alkyl or cyclic N) is 1. The van der Waals surface area contributed by atoms with Gasteiger partial charge in [-0.3, -0.25) is 43.2 Å². The first-order valence-corrected chi connectivity index (χ1v) is 27.9. The van der Waals surface area contributed by atoms with E-state index in [1.54, 1.807) is 68.0 Å². The van der Waals surface area contributed by atoms with E-state index in [4.69, 9.17) is 10.7 Å². The Bertz CT molecular complexity index is 3310. The quantitative estimate of drug-likeness (QED) is 0.0511. The molecule has 0 radical (unpaired) electrons. The number of carbonyl (C=O) groups excluding carboxylic acids is 6. The predicted molar refractivity (Wildman–Crippen MR) is 294 cm³/mol. The maximum absolute atomic E-state index is 15.8. The number of anilines is 2. The molecule has 4 aromatic heterocycles. The van der Waals surface area contributed by atoms with E-state index in [-0.39, 0.29) is 74.9 Å². The highest BCUT2D eigenvalue weighted by atomic mass is 32.1. The zero-order valence-corrected chi connectivity index (χ0v) is 45.9. The summed E-state index contributed by atoms with van der Waals surface area (Å²) in [5.74, 6) is -4.71. The molecule has 0 spiro atoms. The van der Waals surface area contributed by atoms with Crippen molar-refractivity contribution in [2.45, 2.75) is 108 Å². The molecule has 4 aliphatic rings. The lowest BCUT2D eigenvalue weighted by atomic mass is 9.73. The SMILES string of the molecule is Cc1ncsc1-c1ccc([C@H](CC(=O)NCCCNC(=O)CN2CCN(C(=O)c3ccc(Nc4nc(C5CC5)cn5c(-c6cn[nH]c6)cnc45)c(F)c3)CC2)C2(C(N)=O)CC(O)CN2C(=O)[C@@H](NC(=O)C2(F)CC2)C(C)(C)C)cc1. The van der Waals surface area contributed by atoms with Crippen LogP contribution in [0.25, 0.3) is 27.3 Å². The van der Waals surface area contributed by atoms with Gasteiger partial charge in [0.2, 0.25) is 23.6 Å². The fourth-order valence-corrected chi connectivity index (χ4v) is 11.7. The Kier molecular flexibility index (Phi) is 15.6. The largest absolute Gasteiger partial charge is 0.391 e. The summed E-state index contributed by atoms with van der Waals surface area (Å²) in [5, 5.41) is 29.6. The Labute approximate surface area is 464 Å². The minimum absolute atomic E-state index is 0.0198. The molecular formula is C56H66F2N14O7S. The van der Waals surface area contributed by atoms with Crippen molar-refractivity contribution in [1.82, 2.24) is 60.2 Å². The number of thiazole rings is 1. The van der Waals surface area contributed by atoms with Crippen LogP contribution in [-0.4, -0.2) is 161 Å². The first kappa shape index (κ1) is 55.6. The van der Waals surface area contributed by atoms with Gasteiger partial charge in [0.25, 0.3) is 11.8 Å². The van der Waals surface area contributed by atoms with Gasteiger partial charge >= 0.3 is 0 Å². The van der Waals surface area contributed by atoms with Crippen LogP contribution in [0, 0.1) is 18.2 Å². The molecule has 6 amide bonds. The molecule has 21 nitrogen and oxygen atoms in total. The number of nitrogens with two attached hydrogens (primary N) is 1. The number of aromatic nitrogens is 6. The van der Waals surface area contributed by atoms with Crippen molar-refractivity contribution in [3.8, 4) is 21.7 Å². The van der Waals surface area contributed by atoms with Crippen molar-refractivity contribution in [2.24, 2.45) is 11.1 Å². The molecule has 2 saturated heterocycles. The van der Waals surface area contributed by atoms with Crippen molar-refractivity contribution < 1.29 is 42.7 Å². The molecule has 6 aromatic rings. The summed E-state index contributed by atoms with van der Waals surface area (Å²) in [7, 11) is 0. The van der Waals surface area contributed by atoms with Crippen molar-refractivity contribution in [3.63, 3.8) is 0 Å². The Morgan fingerprint density at radius 1 is 0.950 bits per heavy atom. The number of hydrogen-bond acceptors (Lipinski definition) is 14. The number of nitrogens with one attached hydrogen (secondary N) is 5. The number of alkyl halides is 1. The third kappa shape index (κ3) is 11.6. The van der Waals surface area contributed by atoms with Gasteiger partial charge in [-0.1, -0.05) is 45.0 Å². The van der Waals surface area contributed by atoms with E-state index in [0.717, 1.165) is 45.9 Å². The molecule has 2 aliphatic carbocycles. The lowest BCUT2D eigenvalue weighted by Gasteiger charge is -2.44. The van der Waals surface area contributed by atoms with Crippen LogP contribution in [0.15, 0.2) is 72.8 Å². The van der Waals surface area contributed by atoms with Crippen LogP contribution in [0.2, 0.25) is 0 Å². The fraction of sp³-hybridized carbons (Fsp3) is 0.464. The van der Waals surface area contributed by atoms with E-state index in [0.29, 0.717) is 55.5 Å². The highest BCUT2D eigenvalue weighted by Crippen LogP contribution is 2.46. The van der Waals surface area contributed by atoms with Crippen LogP contribution in [-0.2, 0) is 24.0 Å². The number of rotatable bonds is 20. The molecule has 4 atom stereocenters. The Balaban J connectivity index is 0.727. The summed E-state index contributed by atoms with van der Waals surface area (Å²) in [5.41, 5.74) is 8.52. The normalized spacial score (nSPS) is 19.8. The summed E-state index contributed by atoms with van der Waals surface area (Å²) < 4.78 is 32.7. The number of carbonyl (C=O) groups is 6. The van der Waals surface area contributed by atoms with Gasteiger partial charge in [0.05, 0.1) is 58.2 Å². The van der Waals surface area contributed by atoms with E-state index in [9.17, 15) is 33.9 Å². The van der Waals surface area contributed by atoms with Gasteiger partial charge in [0.15, 0.2) is 17.1 Å². The van der Waals surface area contributed by atoms with Crippen LogP contribution in [0.5, 0.6) is 0 Å². The number of hydrogen-bond donors (Lipinski definition) is 7. The smallest absolute Gasteiger partial charge is 0.258 e. The summed E-state index contributed by atoms with van der Waals surface area (Å²) in [4.78, 5) is 102. The fourth-order valence-electron chi connectivity index (χ4n) is 10.8. The van der Waals surface area contributed by atoms with Crippen molar-refractivity contribution in [2.75, 3.05) is 57.7 Å². The van der Waals surface area contributed by atoms with Gasteiger partial charge in [-0.25, -0.2) is 23.7 Å². The number of benzene rings is 2. The molecule has 0 bridgehead atoms. The van der Waals surface area contributed by atoms with Crippen molar-refractivity contribution >= 4 is 63.9 Å². The second-order valence-corrected chi connectivity index (χ2v) is 23.4. The number of fused-ring (bicyclic) bond motifs is 1. The molecule has 422 valence electrons. The van der Waals surface area contributed by atoms with E-state index in [1.165, 1.54) is 28.4 Å². The molecule has 10 rings (SSSR count). The zero-order chi connectivity index (χ0) is 56.7. The Hall–Kier alpha value is -7.70. The Morgan fingerprint density at radius 3 is 2.30 bits per heavy atom. The van der Waals surface area contributed by atoms with Crippen molar-refractivity contribution in [1.29, 1.82) is 0 Å². The lowest BCUT2D eigenvalue weighted by molar-refractivity contribution is -0.151. The Morgan fingerprint density at radius 2 is 1.68 bits per heavy atom. The number of aryl methyl sites for hydroxylation is 1. The number of piperazine rings is 1. The van der Waals surface area contributed by atoms with Gasteiger partial charge in [0.1, 0.15) is 17.4 Å². The molecule has 4 fully saturated rings. The third-order valence-electron chi connectivity index (χ3n) is 15.7. The average molecular weight is 1120 g/mol. The molecule has 2 unspecified atom stereocenters. The zero-order valence-electron chi connectivity index (χ0n) is 45.1. The number of amides is 6. The van der Waals surface area contributed by atoms with Gasteiger partial charge in [0, 0.05) is 94.0 Å². The second kappa shape index (κ2) is 22.4. The van der Waals surface area contributed by atoms with Crippen LogP contribution in [0.3, 0.4) is 0 Å². The van der Waals surface area contributed by atoms with Gasteiger partial charge in [-0.2, -0.15) is 5.10 Å². The number of nitrogens with zero attached hydrogens (tertiary/aromatic N) is 8. The standard InChI is InChI=1S/C56H66F2N14O7S/c1-32-46(80-31-63-32)35-10-6-33(7-11-35)39(56(52(59)78)24-38(73)28-72(56)51(77)47(54(2,3)4)68-53(79)55(58)14-15-55)23-44(74)60-16-5-17-61-45(75)30-69-18-20-70(21-19-69)50(76)36-12-13-41(40(57)22-36)66-48-49-62-27-43(37-25-64-65-26-37)71(49)29-42(67-48)34-8-9-34/h6-7,10-13,22,25-27,29,31,34,38-39,47,73H,5,8-9,14-21,23-24,28,30H2,1-4H3,(H2,59,78)(H,60,74)(H,61,75)(H,64,65)(H,66,67)(H,68,79)/t38?,39-,47+,56?/m0/s1. The summed E-state index contributed by atoms with van der Waals surface area (Å²) >= 11 is 1.45. The number of aromatic amines is 1. The summed E-state index contributed by atoms with van der Waals surface area (Å²) in [6.45, 7) is 8.53. The van der Waals surface area contributed by atoms with Crippen molar-refractivity contribution in [3.05, 3.63) is 101 Å². The number of likely N-dealkylation sites (tertiary alicyclic amines) is 1. The predicted octanol–water partition coefficient (Wildman–Crippen LogP) is 4.72. The molecule has 2 aromatic carbocycles. The minimum atomic E-state index is -2.10. The maximum Gasteiger partial charge on any atom is 0.258 e. The highest BCUT2D eigenvalue weighted by Gasteiger charge is 2.60. The van der Waals surface area contributed by atoms with Crippen LogP contribution in [0.1, 0.15) is 105 Å². The summed E-state index contributed by atoms with van der Waals surface area (Å²) in [6.07, 6.45) is 7.70.